The molecule has 0 aliphatic carbocycles. The fourth-order valence-corrected chi connectivity index (χ4v) is 4.04. The van der Waals surface area contributed by atoms with Gasteiger partial charge in [-0.25, -0.2) is 4.98 Å². The molecule has 0 fully saturated rings. The fourth-order valence-electron chi connectivity index (χ4n) is 3.14. The molecule has 4 rings (SSSR count). The fraction of sp³-hybridized carbons (Fsp3) is 0.174. The lowest BCUT2D eigenvalue weighted by Gasteiger charge is -2.07. The predicted molar refractivity (Wildman–Crippen MR) is 115 cm³/mol. The highest BCUT2D eigenvalue weighted by atomic mass is 32.1. The highest BCUT2D eigenvalue weighted by molar-refractivity contribution is 7.17. The Labute approximate surface area is 172 Å². The second kappa shape index (κ2) is 8.41. The second-order valence-corrected chi connectivity index (χ2v) is 7.56. The van der Waals surface area contributed by atoms with Gasteiger partial charge in [0.2, 0.25) is 0 Å². The number of carbonyl (C=O) groups excluding carboxylic acids is 1. The number of benzene rings is 2. The molecular weight excluding hydrogens is 384 g/mol. The molecule has 0 radical (unpaired) electrons. The van der Waals surface area contributed by atoms with E-state index < -0.39 is 5.97 Å². The third-order valence-electron chi connectivity index (χ3n) is 4.78. The molecule has 0 saturated carbocycles. The van der Waals surface area contributed by atoms with Crippen LogP contribution in [-0.2, 0) is 29.1 Å². The number of hydrogen-bond donors (Lipinski definition) is 0. The molecule has 2 heterocycles. The molecule has 0 unspecified atom stereocenters. The van der Waals surface area contributed by atoms with Crippen LogP contribution in [0.4, 0.5) is 0 Å². The number of hydrogen-bond acceptors (Lipinski definition) is 5. The van der Waals surface area contributed by atoms with Gasteiger partial charge < -0.3 is 4.74 Å². The average Bonchev–Trinajstić information content (AvgIpc) is 3.20. The first-order valence-corrected chi connectivity index (χ1v) is 10.3. The third-order valence-corrected chi connectivity index (χ3v) is 5.66. The van der Waals surface area contributed by atoms with Crippen LogP contribution in [0.1, 0.15) is 18.1 Å². The van der Waals surface area contributed by atoms with E-state index in [1.807, 2.05) is 47.8 Å². The van der Waals surface area contributed by atoms with Crippen molar-refractivity contribution >= 4 is 27.5 Å². The van der Waals surface area contributed by atoms with Gasteiger partial charge in [-0.1, -0.05) is 61.5 Å². The Balaban J connectivity index is 1.58. The van der Waals surface area contributed by atoms with Crippen molar-refractivity contribution in [1.82, 2.24) is 9.55 Å². The lowest BCUT2D eigenvalue weighted by molar-refractivity contribution is -0.145. The van der Waals surface area contributed by atoms with Crippen LogP contribution < -0.4 is 5.56 Å². The van der Waals surface area contributed by atoms with Crippen molar-refractivity contribution in [1.29, 1.82) is 0 Å². The molecule has 5 nitrogen and oxygen atoms in total. The van der Waals surface area contributed by atoms with Crippen LogP contribution in [-0.4, -0.2) is 15.5 Å². The number of esters is 1. The molecule has 2 aromatic heterocycles. The monoisotopic (exact) mass is 404 g/mol. The van der Waals surface area contributed by atoms with Crippen LogP contribution in [0, 0.1) is 0 Å². The molecule has 0 aliphatic heterocycles. The Hall–Kier alpha value is -3.25. The topological polar surface area (TPSA) is 61.2 Å². The quantitative estimate of drug-likeness (QED) is 0.446. The molecule has 146 valence electrons. The van der Waals surface area contributed by atoms with Gasteiger partial charge in [0.05, 0.1) is 11.7 Å². The first-order valence-electron chi connectivity index (χ1n) is 9.41. The van der Waals surface area contributed by atoms with Gasteiger partial charge in [-0.3, -0.25) is 14.2 Å². The summed E-state index contributed by atoms with van der Waals surface area (Å²) in [4.78, 5) is 30.3. The van der Waals surface area contributed by atoms with E-state index in [4.69, 9.17) is 4.74 Å². The van der Waals surface area contributed by atoms with Crippen molar-refractivity contribution in [3.05, 3.63) is 87.8 Å². The maximum Gasteiger partial charge on any atom is 0.326 e. The maximum atomic E-state index is 13.0. The van der Waals surface area contributed by atoms with E-state index in [-0.39, 0.29) is 18.7 Å². The van der Waals surface area contributed by atoms with E-state index >= 15 is 0 Å². The lowest BCUT2D eigenvalue weighted by atomic mass is 10.0. The van der Waals surface area contributed by atoms with Gasteiger partial charge in [0, 0.05) is 10.9 Å². The maximum absolute atomic E-state index is 13.0. The van der Waals surface area contributed by atoms with Crippen molar-refractivity contribution in [2.75, 3.05) is 0 Å². The van der Waals surface area contributed by atoms with Gasteiger partial charge >= 0.3 is 5.97 Å². The van der Waals surface area contributed by atoms with E-state index in [2.05, 4.69) is 24.0 Å². The van der Waals surface area contributed by atoms with E-state index in [9.17, 15) is 9.59 Å². The van der Waals surface area contributed by atoms with Crippen LogP contribution in [0.15, 0.2) is 71.1 Å². The summed E-state index contributed by atoms with van der Waals surface area (Å²) < 4.78 is 6.61. The molecule has 2 aromatic carbocycles. The Bertz CT molecular complexity index is 1190. The van der Waals surface area contributed by atoms with Crippen LogP contribution in [0.5, 0.6) is 0 Å². The number of aryl methyl sites for hydroxylation is 1. The first-order chi connectivity index (χ1) is 14.2. The number of rotatable bonds is 6. The van der Waals surface area contributed by atoms with Crippen molar-refractivity contribution < 1.29 is 9.53 Å². The van der Waals surface area contributed by atoms with E-state index in [0.717, 1.165) is 23.1 Å². The summed E-state index contributed by atoms with van der Waals surface area (Å²) >= 11 is 1.43. The Kier molecular flexibility index (Phi) is 5.53. The molecule has 0 amide bonds. The zero-order valence-electron chi connectivity index (χ0n) is 16.0. The molecular formula is C23H20N2O3S. The molecule has 0 N–H and O–H groups in total. The number of carbonyl (C=O) groups is 1. The summed E-state index contributed by atoms with van der Waals surface area (Å²) in [6.07, 6.45) is 2.37. The molecule has 0 bridgehead atoms. The van der Waals surface area contributed by atoms with Crippen LogP contribution >= 0.6 is 11.3 Å². The second-order valence-electron chi connectivity index (χ2n) is 6.70. The lowest BCUT2D eigenvalue weighted by Crippen LogP contribution is -2.25. The number of ether oxygens (including phenoxy) is 1. The molecule has 0 aliphatic rings. The minimum Gasteiger partial charge on any atom is -0.459 e. The van der Waals surface area contributed by atoms with Crippen molar-refractivity contribution in [3.63, 3.8) is 0 Å². The highest BCUT2D eigenvalue weighted by Crippen LogP contribution is 2.30. The van der Waals surface area contributed by atoms with Gasteiger partial charge in [0.25, 0.3) is 5.56 Å². The Morgan fingerprint density at radius 2 is 1.83 bits per heavy atom. The summed E-state index contributed by atoms with van der Waals surface area (Å²) in [5.41, 5.74) is 3.72. The number of aromatic nitrogens is 2. The number of fused-ring (bicyclic) bond motifs is 1. The molecule has 0 spiro atoms. The largest absolute Gasteiger partial charge is 0.459 e. The number of nitrogens with zero attached hydrogens (tertiary/aromatic N) is 2. The van der Waals surface area contributed by atoms with Crippen LogP contribution in [0.25, 0.3) is 21.3 Å². The minimum atomic E-state index is -0.471. The zero-order chi connectivity index (χ0) is 20.2. The Morgan fingerprint density at radius 1 is 1.07 bits per heavy atom. The van der Waals surface area contributed by atoms with Gasteiger partial charge in [-0.05, 0) is 23.1 Å². The molecule has 0 saturated heterocycles. The van der Waals surface area contributed by atoms with Crippen LogP contribution in [0.2, 0.25) is 0 Å². The molecule has 6 heteroatoms. The van der Waals surface area contributed by atoms with Gasteiger partial charge in [-0.2, -0.15) is 0 Å². The van der Waals surface area contributed by atoms with Crippen molar-refractivity contribution in [2.45, 2.75) is 26.5 Å². The van der Waals surface area contributed by atoms with E-state index in [0.29, 0.717) is 10.2 Å². The van der Waals surface area contributed by atoms with E-state index in [1.54, 1.807) is 0 Å². The molecule has 0 atom stereocenters. The minimum absolute atomic E-state index is 0.168. The number of thiophene rings is 1. The summed E-state index contributed by atoms with van der Waals surface area (Å²) in [6.45, 7) is 2.12. The predicted octanol–water partition coefficient (Wildman–Crippen LogP) is 4.43. The van der Waals surface area contributed by atoms with Gasteiger partial charge in [-0.15, -0.1) is 11.3 Å². The van der Waals surface area contributed by atoms with Crippen molar-refractivity contribution in [3.8, 4) is 11.1 Å². The van der Waals surface area contributed by atoms with E-state index in [1.165, 1.54) is 27.8 Å². The van der Waals surface area contributed by atoms with Crippen molar-refractivity contribution in [2.24, 2.45) is 0 Å². The standard InChI is InChI=1S/C23H20N2O3S/c1-2-16-8-10-18(11-9-16)19-14-29-22-21(19)23(27)25(15-24-22)12-20(26)28-13-17-6-4-3-5-7-17/h3-11,14-15H,2,12-13H2,1H3. The third kappa shape index (κ3) is 4.12. The normalized spacial score (nSPS) is 10.9. The smallest absolute Gasteiger partial charge is 0.326 e. The highest BCUT2D eigenvalue weighted by Gasteiger charge is 2.15. The summed E-state index contributed by atoms with van der Waals surface area (Å²) in [5.74, 6) is -0.471. The van der Waals surface area contributed by atoms with Gasteiger partial charge in [0.1, 0.15) is 18.0 Å². The van der Waals surface area contributed by atoms with Gasteiger partial charge in [0.15, 0.2) is 0 Å². The first kappa shape index (κ1) is 19.1. The zero-order valence-corrected chi connectivity index (χ0v) is 16.8. The van der Waals surface area contributed by atoms with Crippen LogP contribution in [0.3, 0.4) is 0 Å². The summed E-state index contributed by atoms with van der Waals surface area (Å²) in [7, 11) is 0. The summed E-state index contributed by atoms with van der Waals surface area (Å²) in [5, 5.41) is 2.48. The Morgan fingerprint density at radius 3 is 2.55 bits per heavy atom. The SMILES string of the molecule is CCc1ccc(-c2csc3ncn(CC(=O)OCc4ccccc4)c(=O)c23)cc1. The molecule has 4 aromatic rings. The summed E-state index contributed by atoms with van der Waals surface area (Å²) in [6, 6.07) is 17.6. The average molecular weight is 404 g/mol. The molecule has 29 heavy (non-hydrogen) atoms.